The molecule has 0 atom stereocenters. The maximum Gasteiger partial charge on any atom is 0.171 e. The summed E-state index contributed by atoms with van der Waals surface area (Å²) in [6.07, 6.45) is 1.06. The van der Waals surface area contributed by atoms with Gasteiger partial charge in [0, 0.05) is 22.8 Å². The lowest BCUT2D eigenvalue weighted by Crippen LogP contribution is -2.06. The summed E-state index contributed by atoms with van der Waals surface area (Å²) in [7, 11) is 0. The van der Waals surface area contributed by atoms with E-state index in [-0.39, 0.29) is 0 Å². The second-order valence-electron chi connectivity index (χ2n) is 4.82. The van der Waals surface area contributed by atoms with Gasteiger partial charge in [0.1, 0.15) is 10.2 Å². The Morgan fingerprint density at radius 3 is 2.65 bits per heavy atom. The Hall–Kier alpha value is -0.650. The Labute approximate surface area is 136 Å². The van der Waals surface area contributed by atoms with Crippen molar-refractivity contribution in [2.45, 2.75) is 33.1 Å². The Kier molecular flexibility index (Phi) is 5.41. The maximum absolute atomic E-state index is 6.11. The minimum absolute atomic E-state index is 0.359. The summed E-state index contributed by atoms with van der Waals surface area (Å²) in [4.78, 5) is 10.2. The van der Waals surface area contributed by atoms with Crippen LogP contribution in [0.4, 0.5) is 5.82 Å². The summed E-state index contributed by atoms with van der Waals surface area (Å²) in [5, 5.41) is 3.33. The quantitative estimate of drug-likeness (QED) is 0.743. The zero-order valence-corrected chi connectivity index (χ0v) is 14.9. The van der Waals surface area contributed by atoms with Gasteiger partial charge in [0.05, 0.1) is 4.88 Å². The van der Waals surface area contributed by atoms with Crippen LogP contribution < -0.4 is 5.32 Å². The maximum atomic E-state index is 6.11. The summed E-state index contributed by atoms with van der Waals surface area (Å²) in [5.41, 5.74) is 1.04. The Morgan fingerprint density at radius 2 is 2.10 bits per heavy atom. The SMILES string of the molecule is CCCNc1cc(C(C)C)nc(-c2cc(Br)c(Cl)s2)n1. The predicted molar refractivity (Wildman–Crippen MR) is 90.9 cm³/mol. The van der Waals surface area contributed by atoms with E-state index in [2.05, 4.69) is 52.0 Å². The summed E-state index contributed by atoms with van der Waals surface area (Å²) in [6.45, 7) is 7.30. The van der Waals surface area contributed by atoms with Gasteiger partial charge < -0.3 is 5.32 Å². The number of nitrogens with zero attached hydrogens (tertiary/aromatic N) is 2. The summed E-state index contributed by atoms with van der Waals surface area (Å²) in [6, 6.07) is 3.99. The Morgan fingerprint density at radius 1 is 1.35 bits per heavy atom. The predicted octanol–water partition coefficient (Wildman–Crippen LogP) is 5.57. The van der Waals surface area contributed by atoms with Crippen molar-refractivity contribution in [2.75, 3.05) is 11.9 Å². The smallest absolute Gasteiger partial charge is 0.171 e. The van der Waals surface area contributed by atoms with Crippen LogP contribution in [0.15, 0.2) is 16.6 Å². The number of hydrogen-bond donors (Lipinski definition) is 1. The lowest BCUT2D eigenvalue weighted by atomic mass is 10.1. The van der Waals surface area contributed by atoms with E-state index in [0.717, 1.165) is 44.0 Å². The molecule has 2 aromatic rings. The van der Waals surface area contributed by atoms with Gasteiger partial charge >= 0.3 is 0 Å². The molecule has 6 heteroatoms. The van der Waals surface area contributed by atoms with Crippen molar-refractivity contribution in [1.82, 2.24) is 9.97 Å². The van der Waals surface area contributed by atoms with E-state index >= 15 is 0 Å². The third kappa shape index (κ3) is 3.71. The molecular formula is C14H17BrClN3S. The number of thiophene rings is 1. The molecule has 0 amide bonds. The van der Waals surface area contributed by atoms with Crippen molar-refractivity contribution in [3.8, 4) is 10.7 Å². The molecule has 2 heterocycles. The van der Waals surface area contributed by atoms with Gasteiger partial charge in [-0.3, -0.25) is 0 Å². The molecule has 0 fully saturated rings. The van der Waals surface area contributed by atoms with Crippen molar-refractivity contribution in [3.63, 3.8) is 0 Å². The molecule has 0 saturated heterocycles. The first-order valence-corrected chi connectivity index (χ1v) is 8.58. The zero-order chi connectivity index (χ0) is 14.7. The second-order valence-corrected chi connectivity index (χ2v) is 7.32. The van der Waals surface area contributed by atoms with Gasteiger partial charge in [0.15, 0.2) is 5.82 Å². The van der Waals surface area contributed by atoms with E-state index in [1.807, 2.05) is 12.1 Å². The van der Waals surface area contributed by atoms with Crippen LogP contribution in [-0.2, 0) is 0 Å². The van der Waals surface area contributed by atoms with Crippen LogP contribution in [0.5, 0.6) is 0 Å². The lowest BCUT2D eigenvalue weighted by molar-refractivity contribution is 0.816. The lowest BCUT2D eigenvalue weighted by Gasteiger charge is -2.10. The van der Waals surface area contributed by atoms with E-state index < -0.39 is 0 Å². The average molecular weight is 375 g/mol. The van der Waals surface area contributed by atoms with Gasteiger partial charge in [-0.25, -0.2) is 9.97 Å². The molecule has 0 bridgehead atoms. The van der Waals surface area contributed by atoms with Crippen LogP contribution in [0.25, 0.3) is 10.7 Å². The fourth-order valence-electron chi connectivity index (χ4n) is 1.67. The molecule has 0 aliphatic carbocycles. The Balaban J connectivity index is 2.43. The van der Waals surface area contributed by atoms with E-state index in [1.165, 1.54) is 11.3 Å². The zero-order valence-electron chi connectivity index (χ0n) is 11.7. The van der Waals surface area contributed by atoms with Crippen molar-refractivity contribution in [2.24, 2.45) is 0 Å². The van der Waals surface area contributed by atoms with Crippen molar-refractivity contribution >= 4 is 44.7 Å². The van der Waals surface area contributed by atoms with Crippen LogP contribution in [0, 0.1) is 0 Å². The molecule has 2 rings (SSSR count). The van der Waals surface area contributed by atoms with Crippen molar-refractivity contribution < 1.29 is 0 Å². The second kappa shape index (κ2) is 6.87. The van der Waals surface area contributed by atoms with Gasteiger partial charge in [-0.2, -0.15) is 0 Å². The minimum Gasteiger partial charge on any atom is -0.370 e. The molecule has 0 aliphatic rings. The van der Waals surface area contributed by atoms with Crippen LogP contribution in [0.1, 0.15) is 38.8 Å². The summed E-state index contributed by atoms with van der Waals surface area (Å²) in [5.74, 6) is 1.96. The normalized spacial score (nSPS) is 11.1. The molecule has 0 saturated carbocycles. The van der Waals surface area contributed by atoms with Crippen LogP contribution in [-0.4, -0.2) is 16.5 Å². The largest absolute Gasteiger partial charge is 0.370 e. The molecule has 20 heavy (non-hydrogen) atoms. The van der Waals surface area contributed by atoms with Crippen molar-refractivity contribution in [3.05, 3.63) is 26.6 Å². The van der Waals surface area contributed by atoms with Gasteiger partial charge in [0.2, 0.25) is 0 Å². The van der Waals surface area contributed by atoms with Gasteiger partial charge in [-0.1, -0.05) is 32.4 Å². The van der Waals surface area contributed by atoms with Crippen LogP contribution in [0.2, 0.25) is 4.34 Å². The molecule has 0 spiro atoms. The fourth-order valence-corrected chi connectivity index (χ4v) is 3.31. The molecule has 0 radical (unpaired) electrons. The van der Waals surface area contributed by atoms with E-state index in [0.29, 0.717) is 5.92 Å². The molecule has 3 nitrogen and oxygen atoms in total. The number of anilines is 1. The monoisotopic (exact) mass is 373 g/mol. The number of aromatic nitrogens is 2. The third-order valence-corrected chi connectivity index (χ3v) is 5.23. The highest BCUT2D eigenvalue weighted by atomic mass is 79.9. The molecule has 1 N–H and O–H groups in total. The highest BCUT2D eigenvalue weighted by molar-refractivity contribution is 9.10. The first-order valence-electron chi connectivity index (χ1n) is 6.59. The molecule has 2 aromatic heterocycles. The van der Waals surface area contributed by atoms with Gasteiger partial charge in [-0.15, -0.1) is 11.3 Å². The van der Waals surface area contributed by atoms with Crippen LogP contribution in [0.3, 0.4) is 0 Å². The molecule has 0 unspecified atom stereocenters. The minimum atomic E-state index is 0.359. The highest BCUT2D eigenvalue weighted by Crippen LogP contribution is 2.37. The molecular weight excluding hydrogens is 358 g/mol. The van der Waals surface area contributed by atoms with Gasteiger partial charge in [-0.05, 0) is 34.3 Å². The standard InChI is InChI=1S/C14H17BrClN3S/c1-4-5-17-12-7-10(8(2)3)18-14(19-12)11-6-9(15)13(16)20-11/h6-8H,4-5H2,1-3H3,(H,17,18,19). The number of rotatable bonds is 5. The van der Waals surface area contributed by atoms with E-state index in [9.17, 15) is 0 Å². The van der Waals surface area contributed by atoms with E-state index in [1.54, 1.807) is 0 Å². The molecule has 108 valence electrons. The fraction of sp³-hybridized carbons (Fsp3) is 0.429. The number of nitrogens with one attached hydrogen (secondary N) is 1. The Bertz CT molecular complexity index is 579. The van der Waals surface area contributed by atoms with Crippen LogP contribution >= 0.6 is 38.9 Å². The van der Waals surface area contributed by atoms with Crippen molar-refractivity contribution in [1.29, 1.82) is 0 Å². The summed E-state index contributed by atoms with van der Waals surface area (Å²) >= 11 is 11.0. The first kappa shape index (κ1) is 15.7. The highest BCUT2D eigenvalue weighted by Gasteiger charge is 2.13. The topological polar surface area (TPSA) is 37.8 Å². The molecule has 0 aliphatic heterocycles. The average Bonchev–Trinajstić information content (AvgIpc) is 2.76. The number of halogens is 2. The molecule has 0 aromatic carbocycles. The van der Waals surface area contributed by atoms with E-state index in [4.69, 9.17) is 11.6 Å². The first-order chi connectivity index (χ1) is 9.51. The van der Waals surface area contributed by atoms with Gasteiger partial charge in [0.25, 0.3) is 0 Å². The third-order valence-electron chi connectivity index (χ3n) is 2.76. The summed E-state index contributed by atoms with van der Waals surface area (Å²) < 4.78 is 1.61. The number of hydrogen-bond acceptors (Lipinski definition) is 4.